The smallest absolute Gasteiger partial charge is 0.308 e. The molecule has 1 fully saturated rings. The van der Waals surface area contributed by atoms with Crippen molar-refractivity contribution in [3.8, 4) is 5.75 Å². The van der Waals surface area contributed by atoms with Crippen molar-refractivity contribution in [2.45, 2.75) is 46.3 Å². The molecule has 1 aromatic carbocycles. The summed E-state index contributed by atoms with van der Waals surface area (Å²) in [6.07, 6.45) is 1.27. The van der Waals surface area contributed by atoms with Gasteiger partial charge in [0.25, 0.3) is 5.91 Å². The number of piperidine rings is 1. The second kappa shape index (κ2) is 7.86. The SMILES string of the molecule is Cc1ccc(OCc2ccc(C(=O)N3CCC[C@@H](C(=O)O)[C@H]3C)o2)c(C)c1. The number of carboxylic acids is 1. The van der Waals surface area contributed by atoms with Crippen molar-refractivity contribution in [2.24, 2.45) is 5.92 Å². The van der Waals surface area contributed by atoms with E-state index in [0.29, 0.717) is 25.1 Å². The van der Waals surface area contributed by atoms with Crippen molar-refractivity contribution in [1.29, 1.82) is 0 Å². The second-order valence-corrected chi connectivity index (χ2v) is 7.15. The van der Waals surface area contributed by atoms with Crippen LogP contribution in [0.25, 0.3) is 0 Å². The maximum absolute atomic E-state index is 12.8. The van der Waals surface area contributed by atoms with Crippen molar-refractivity contribution >= 4 is 11.9 Å². The number of likely N-dealkylation sites (tertiary alicyclic amines) is 1. The Hall–Kier alpha value is -2.76. The zero-order valence-electron chi connectivity index (χ0n) is 15.9. The summed E-state index contributed by atoms with van der Waals surface area (Å²) in [6, 6.07) is 8.93. The van der Waals surface area contributed by atoms with Crippen LogP contribution in [0.4, 0.5) is 0 Å². The molecule has 6 nitrogen and oxygen atoms in total. The summed E-state index contributed by atoms with van der Waals surface area (Å²) >= 11 is 0. The molecular weight excluding hydrogens is 346 g/mol. The van der Waals surface area contributed by atoms with Crippen molar-refractivity contribution in [1.82, 2.24) is 4.90 Å². The minimum absolute atomic E-state index is 0.215. The van der Waals surface area contributed by atoms with Gasteiger partial charge in [0.15, 0.2) is 5.76 Å². The number of benzene rings is 1. The van der Waals surface area contributed by atoms with Crippen LogP contribution in [0.2, 0.25) is 0 Å². The van der Waals surface area contributed by atoms with Gasteiger partial charge in [-0.3, -0.25) is 9.59 Å². The Kier molecular flexibility index (Phi) is 5.54. The van der Waals surface area contributed by atoms with Crippen LogP contribution < -0.4 is 4.74 Å². The lowest BCUT2D eigenvalue weighted by Crippen LogP contribution is -2.49. The third-order valence-electron chi connectivity index (χ3n) is 5.14. The molecule has 1 saturated heterocycles. The first kappa shape index (κ1) is 19.0. The van der Waals surface area contributed by atoms with Gasteiger partial charge in [-0.25, -0.2) is 0 Å². The standard InChI is InChI=1S/C21H25NO5/c1-13-6-8-18(14(2)11-13)26-12-16-7-9-19(27-16)20(23)22-10-4-5-17(15(22)3)21(24)25/h6-9,11,15,17H,4-5,10,12H2,1-3H3,(H,24,25)/t15-,17-/m1/s1. The van der Waals surface area contributed by atoms with Crippen LogP contribution in [0.1, 0.15) is 47.2 Å². The third kappa shape index (κ3) is 4.15. The average Bonchev–Trinajstić information content (AvgIpc) is 3.09. The van der Waals surface area contributed by atoms with Gasteiger partial charge in [0.2, 0.25) is 0 Å². The Morgan fingerprint density at radius 2 is 2.04 bits per heavy atom. The highest BCUT2D eigenvalue weighted by atomic mass is 16.5. The van der Waals surface area contributed by atoms with Crippen molar-refractivity contribution < 1.29 is 23.8 Å². The van der Waals surface area contributed by atoms with E-state index in [9.17, 15) is 14.7 Å². The maximum atomic E-state index is 12.8. The summed E-state index contributed by atoms with van der Waals surface area (Å²) in [7, 11) is 0. The Morgan fingerprint density at radius 1 is 1.26 bits per heavy atom. The molecule has 0 unspecified atom stereocenters. The highest BCUT2D eigenvalue weighted by Gasteiger charge is 2.36. The van der Waals surface area contributed by atoms with Gasteiger partial charge in [0.05, 0.1) is 5.92 Å². The van der Waals surface area contributed by atoms with Crippen molar-refractivity contribution in [3.63, 3.8) is 0 Å². The van der Waals surface area contributed by atoms with Gasteiger partial charge in [-0.05, 0) is 57.4 Å². The summed E-state index contributed by atoms with van der Waals surface area (Å²) in [5, 5.41) is 9.32. The van der Waals surface area contributed by atoms with Crippen molar-refractivity contribution in [3.05, 3.63) is 53.0 Å². The number of aryl methyl sites for hydroxylation is 2. The normalized spacial score (nSPS) is 19.7. The molecular formula is C21H25NO5. The van der Waals surface area contributed by atoms with Gasteiger partial charge in [-0.2, -0.15) is 0 Å². The van der Waals surface area contributed by atoms with Gasteiger partial charge < -0.3 is 19.2 Å². The molecule has 0 radical (unpaired) electrons. The fraction of sp³-hybridized carbons (Fsp3) is 0.429. The monoisotopic (exact) mass is 371 g/mol. The fourth-order valence-corrected chi connectivity index (χ4v) is 3.58. The molecule has 2 aromatic rings. The minimum atomic E-state index is -0.859. The first-order chi connectivity index (χ1) is 12.9. The van der Waals surface area contributed by atoms with E-state index >= 15 is 0 Å². The van der Waals surface area contributed by atoms with Crippen molar-refractivity contribution in [2.75, 3.05) is 6.54 Å². The Morgan fingerprint density at radius 3 is 2.74 bits per heavy atom. The number of aliphatic carboxylic acids is 1. The summed E-state index contributed by atoms with van der Waals surface area (Å²) in [5.74, 6) is -0.123. The average molecular weight is 371 g/mol. The predicted molar refractivity (Wildman–Crippen MR) is 99.8 cm³/mol. The van der Waals surface area contributed by atoms with Gasteiger partial charge in [0, 0.05) is 12.6 Å². The van der Waals surface area contributed by atoms with E-state index < -0.39 is 11.9 Å². The van der Waals surface area contributed by atoms with Gasteiger partial charge >= 0.3 is 5.97 Å². The van der Waals surface area contributed by atoms with Crippen LogP contribution in [0, 0.1) is 19.8 Å². The molecule has 1 amide bonds. The number of amides is 1. The van der Waals surface area contributed by atoms with E-state index in [1.165, 1.54) is 5.56 Å². The van der Waals surface area contributed by atoms with E-state index in [-0.39, 0.29) is 24.3 Å². The van der Waals surface area contributed by atoms with Crippen LogP contribution in [-0.2, 0) is 11.4 Å². The summed E-state index contributed by atoms with van der Waals surface area (Å²) in [6.45, 7) is 6.56. The summed E-state index contributed by atoms with van der Waals surface area (Å²) in [5.41, 5.74) is 2.21. The quantitative estimate of drug-likeness (QED) is 0.865. The summed E-state index contributed by atoms with van der Waals surface area (Å²) < 4.78 is 11.5. The van der Waals surface area contributed by atoms with E-state index in [4.69, 9.17) is 9.15 Å². The fourth-order valence-electron chi connectivity index (χ4n) is 3.58. The first-order valence-electron chi connectivity index (χ1n) is 9.19. The number of nitrogens with zero attached hydrogens (tertiary/aromatic N) is 1. The Labute approximate surface area is 158 Å². The molecule has 0 bridgehead atoms. The molecule has 0 saturated carbocycles. The molecule has 0 aliphatic carbocycles. The number of carboxylic acid groups (broad SMARTS) is 1. The van der Waals surface area contributed by atoms with E-state index in [1.807, 2.05) is 32.0 Å². The number of hydrogen-bond acceptors (Lipinski definition) is 4. The number of ether oxygens (including phenoxy) is 1. The molecule has 1 aromatic heterocycles. The Bertz CT molecular complexity index is 841. The van der Waals surface area contributed by atoms with Crippen LogP contribution >= 0.6 is 0 Å². The first-order valence-corrected chi connectivity index (χ1v) is 9.19. The highest BCUT2D eigenvalue weighted by Crippen LogP contribution is 2.26. The molecule has 1 aliphatic rings. The summed E-state index contributed by atoms with van der Waals surface area (Å²) in [4.78, 5) is 25.7. The lowest BCUT2D eigenvalue weighted by atomic mass is 9.90. The molecule has 6 heteroatoms. The lowest BCUT2D eigenvalue weighted by molar-refractivity contribution is -0.145. The zero-order valence-corrected chi connectivity index (χ0v) is 15.9. The molecule has 27 heavy (non-hydrogen) atoms. The van der Waals surface area contributed by atoms with Gasteiger partial charge in [-0.15, -0.1) is 0 Å². The van der Waals surface area contributed by atoms with E-state index in [1.54, 1.807) is 24.0 Å². The van der Waals surface area contributed by atoms with Crippen LogP contribution in [0.5, 0.6) is 5.75 Å². The predicted octanol–water partition coefficient (Wildman–Crippen LogP) is 3.80. The number of hydrogen-bond donors (Lipinski definition) is 1. The minimum Gasteiger partial charge on any atom is -0.485 e. The number of carbonyl (C=O) groups is 2. The molecule has 144 valence electrons. The number of carbonyl (C=O) groups excluding carboxylic acids is 1. The molecule has 3 rings (SSSR count). The van der Waals surface area contributed by atoms with Gasteiger partial charge in [0.1, 0.15) is 18.1 Å². The van der Waals surface area contributed by atoms with Crippen LogP contribution in [-0.4, -0.2) is 34.5 Å². The van der Waals surface area contributed by atoms with Crippen LogP contribution in [0.15, 0.2) is 34.7 Å². The second-order valence-electron chi connectivity index (χ2n) is 7.15. The third-order valence-corrected chi connectivity index (χ3v) is 5.14. The number of furan rings is 1. The maximum Gasteiger partial charge on any atom is 0.308 e. The molecule has 0 spiro atoms. The topological polar surface area (TPSA) is 80.0 Å². The Balaban J connectivity index is 1.66. The highest BCUT2D eigenvalue weighted by molar-refractivity contribution is 5.92. The number of rotatable bonds is 5. The molecule has 1 N–H and O–H groups in total. The van der Waals surface area contributed by atoms with E-state index in [0.717, 1.165) is 11.3 Å². The zero-order chi connectivity index (χ0) is 19.6. The molecule has 1 aliphatic heterocycles. The molecule has 2 atom stereocenters. The largest absolute Gasteiger partial charge is 0.485 e. The van der Waals surface area contributed by atoms with Gasteiger partial charge in [-0.1, -0.05) is 17.7 Å². The van der Waals surface area contributed by atoms with E-state index in [2.05, 4.69) is 0 Å². The molecule has 2 heterocycles. The van der Waals surface area contributed by atoms with Crippen LogP contribution in [0.3, 0.4) is 0 Å². The lowest BCUT2D eigenvalue weighted by Gasteiger charge is -2.36.